The lowest BCUT2D eigenvalue weighted by Gasteiger charge is -2.16. The number of benzene rings is 1. The number of aliphatic hydroxyl groups excluding tert-OH is 1. The van der Waals surface area contributed by atoms with Crippen LogP contribution in [0.25, 0.3) is 6.08 Å². The molecule has 0 amide bonds. The fourth-order valence-electron chi connectivity index (χ4n) is 1.89. The zero-order valence-corrected chi connectivity index (χ0v) is 8.83. The summed E-state index contributed by atoms with van der Waals surface area (Å²) in [6, 6.07) is 5.82. The first-order valence-electron chi connectivity index (χ1n) is 4.88. The van der Waals surface area contributed by atoms with Gasteiger partial charge in [0, 0.05) is 10.9 Å². The van der Waals surface area contributed by atoms with Gasteiger partial charge < -0.3 is 5.11 Å². The Hall–Kier alpha value is -0.790. The molecule has 1 aromatic carbocycles. The molecule has 2 rings (SSSR count). The van der Waals surface area contributed by atoms with Crippen LogP contribution in [0.15, 0.2) is 24.3 Å². The molecular formula is C12H13ClO. The number of aliphatic hydroxyl groups is 1. The second-order valence-electron chi connectivity index (χ2n) is 3.63. The number of halogens is 1. The molecule has 14 heavy (non-hydrogen) atoms. The lowest BCUT2D eigenvalue weighted by atomic mass is 9.94. The van der Waals surface area contributed by atoms with Gasteiger partial charge in [0.05, 0.1) is 6.10 Å². The molecule has 0 heterocycles. The molecule has 1 aliphatic carbocycles. The van der Waals surface area contributed by atoms with E-state index in [-0.39, 0.29) is 12.0 Å². The summed E-state index contributed by atoms with van der Waals surface area (Å²) in [7, 11) is 0. The van der Waals surface area contributed by atoms with E-state index in [2.05, 4.69) is 6.08 Å². The minimum absolute atomic E-state index is 0.146. The molecule has 1 N–H and O–H groups in total. The Kier molecular flexibility index (Phi) is 2.62. The van der Waals surface area contributed by atoms with Crippen LogP contribution in [-0.2, 0) is 0 Å². The van der Waals surface area contributed by atoms with Crippen molar-refractivity contribution in [3.63, 3.8) is 0 Å². The Bertz CT molecular complexity index is 371. The molecule has 2 atom stereocenters. The van der Waals surface area contributed by atoms with Crippen LogP contribution in [0.4, 0.5) is 0 Å². The largest absolute Gasteiger partial charge is 0.392 e. The predicted octanol–water partition coefficient (Wildman–Crippen LogP) is 3.22. The number of fused-ring (bicyclic) bond motifs is 1. The van der Waals surface area contributed by atoms with Crippen molar-refractivity contribution < 1.29 is 5.11 Å². The molecule has 0 fully saturated rings. The minimum Gasteiger partial charge on any atom is -0.392 e. The molecular weight excluding hydrogens is 196 g/mol. The lowest BCUT2D eigenvalue weighted by molar-refractivity contribution is 0.156. The first-order valence-corrected chi connectivity index (χ1v) is 5.26. The van der Waals surface area contributed by atoms with Crippen molar-refractivity contribution in [3.05, 3.63) is 40.4 Å². The van der Waals surface area contributed by atoms with Crippen LogP contribution < -0.4 is 0 Å². The Morgan fingerprint density at radius 2 is 2.29 bits per heavy atom. The van der Waals surface area contributed by atoms with Gasteiger partial charge in [0.1, 0.15) is 0 Å². The van der Waals surface area contributed by atoms with Crippen molar-refractivity contribution in [1.29, 1.82) is 0 Å². The van der Waals surface area contributed by atoms with Crippen LogP contribution in [0, 0.1) is 0 Å². The highest BCUT2D eigenvalue weighted by atomic mass is 35.5. The summed E-state index contributed by atoms with van der Waals surface area (Å²) in [5.74, 6) is 0.146. The molecule has 1 nitrogen and oxygen atoms in total. The second kappa shape index (κ2) is 3.76. The Labute approximate surface area is 89.0 Å². The lowest BCUT2D eigenvalue weighted by Crippen LogP contribution is -2.14. The Morgan fingerprint density at radius 3 is 3.00 bits per heavy atom. The van der Waals surface area contributed by atoms with Gasteiger partial charge in [-0.3, -0.25) is 0 Å². The fraction of sp³-hybridized carbons (Fsp3) is 0.333. The SMILES string of the molecule is CCC(O)C1C=Cc2cc(Cl)ccc21. The van der Waals surface area contributed by atoms with Gasteiger partial charge in [0.2, 0.25) is 0 Å². The summed E-state index contributed by atoms with van der Waals surface area (Å²) in [4.78, 5) is 0. The van der Waals surface area contributed by atoms with Gasteiger partial charge in [-0.25, -0.2) is 0 Å². The van der Waals surface area contributed by atoms with E-state index in [9.17, 15) is 5.11 Å². The zero-order valence-electron chi connectivity index (χ0n) is 8.07. The van der Waals surface area contributed by atoms with E-state index in [1.807, 2.05) is 31.2 Å². The molecule has 0 bridgehead atoms. The third-order valence-corrected chi connectivity index (χ3v) is 2.96. The van der Waals surface area contributed by atoms with Gasteiger partial charge in [0.25, 0.3) is 0 Å². The summed E-state index contributed by atoms with van der Waals surface area (Å²) in [6.45, 7) is 1.99. The molecule has 1 aliphatic rings. The molecule has 2 unspecified atom stereocenters. The van der Waals surface area contributed by atoms with E-state index in [1.165, 1.54) is 5.56 Å². The van der Waals surface area contributed by atoms with Crippen LogP contribution in [-0.4, -0.2) is 11.2 Å². The Morgan fingerprint density at radius 1 is 1.50 bits per heavy atom. The first-order chi connectivity index (χ1) is 6.72. The van der Waals surface area contributed by atoms with Gasteiger partial charge in [-0.2, -0.15) is 0 Å². The van der Waals surface area contributed by atoms with E-state index in [0.29, 0.717) is 0 Å². The van der Waals surface area contributed by atoms with Crippen molar-refractivity contribution in [2.45, 2.75) is 25.4 Å². The maximum atomic E-state index is 9.79. The van der Waals surface area contributed by atoms with Crippen LogP contribution in [0.2, 0.25) is 5.02 Å². The molecule has 1 aromatic rings. The molecule has 0 spiro atoms. The van der Waals surface area contributed by atoms with E-state index >= 15 is 0 Å². The summed E-state index contributed by atoms with van der Waals surface area (Å²) < 4.78 is 0. The summed E-state index contributed by atoms with van der Waals surface area (Å²) in [5, 5.41) is 10.5. The molecule has 74 valence electrons. The average Bonchev–Trinajstić information content (AvgIpc) is 2.59. The van der Waals surface area contributed by atoms with Crippen molar-refractivity contribution in [1.82, 2.24) is 0 Å². The van der Waals surface area contributed by atoms with E-state index in [4.69, 9.17) is 11.6 Å². The van der Waals surface area contributed by atoms with Gasteiger partial charge >= 0.3 is 0 Å². The number of rotatable bonds is 2. The second-order valence-corrected chi connectivity index (χ2v) is 4.07. The zero-order chi connectivity index (χ0) is 10.1. The molecule has 2 heteroatoms. The van der Waals surface area contributed by atoms with E-state index < -0.39 is 0 Å². The van der Waals surface area contributed by atoms with E-state index in [1.54, 1.807) is 0 Å². The molecule has 0 aromatic heterocycles. The quantitative estimate of drug-likeness (QED) is 0.791. The first kappa shape index (κ1) is 9.75. The van der Waals surface area contributed by atoms with Crippen LogP contribution in [0.1, 0.15) is 30.4 Å². The van der Waals surface area contributed by atoms with Crippen molar-refractivity contribution in [3.8, 4) is 0 Å². The minimum atomic E-state index is -0.284. The summed E-state index contributed by atoms with van der Waals surface area (Å²) in [5.41, 5.74) is 2.32. The third kappa shape index (κ3) is 1.58. The van der Waals surface area contributed by atoms with Gasteiger partial charge in [0.15, 0.2) is 0 Å². The van der Waals surface area contributed by atoms with E-state index in [0.717, 1.165) is 17.0 Å². The number of hydrogen-bond donors (Lipinski definition) is 1. The Balaban J connectivity index is 2.35. The monoisotopic (exact) mass is 208 g/mol. The molecule has 0 saturated carbocycles. The van der Waals surface area contributed by atoms with Crippen LogP contribution in [0.3, 0.4) is 0 Å². The van der Waals surface area contributed by atoms with Crippen LogP contribution >= 0.6 is 11.6 Å². The average molecular weight is 209 g/mol. The summed E-state index contributed by atoms with van der Waals surface area (Å²) >= 11 is 5.89. The van der Waals surface area contributed by atoms with Crippen LogP contribution in [0.5, 0.6) is 0 Å². The van der Waals surface area contributed by atoms with Gasteiger partial charge in [-0.15, -0.1) is 0 Å². The number of hydrogen-bond acceptors (Lipinski definition) is 1. The maximum Gasteiger partial charge on any atom is 0.0641 e. The normalized spacial score (nSPS) is 20.9. The van der Waals surface area contributed by atoms with Crippen molar-refractivity contribution in [2.24, 2.45) is 0 Å². The highest BCUT2D eigenvalue weighted by Crippen LogP contribution is 2.34. The van der Waals surface area contributed by atoms with Gasteiger partial charge in [-0.05, 0) is 29.7 Å². The standard InChI is InChI=1S/C12H13ClO/c1-2-12(14)11-5-3-8-7-9(13)4-6-10(8)11/h3-7,11-12,14H,2H2,1H3. The highest BCUT2D eigenvalue weighted by molar-refractivity contribution is 6.30. The fourth-order valence-corrected chi connectivity index (χ4v) is 2.07. The smallest absolute Gasteiger partial charge is 0.0641 e. The maximum absolute atomic E-state index is 9.79. The van der Waals surface area contributed by atoms with Crippen molar-refractivity contribution >= 4 is 17.7 Å². The molecule has 0 saturated heterocycles. The molecule has 0 aliphatic heterocycles. The van der Waals surface area contributed by atoms with Gasteiger partial charge in [-0.1, -0.05) is 36.7 Å². The third-order valence-electron chi connectivity index (χ3n) is 2.72. The summed E-state index contributed by atoms with van der Waals surface area (Å²) in [6.07, 6.45) is 4.57. The topological polar surface area (TPSA) is 20.2 Å². The predicted molar refractivity (Wildman–Crippen MR) is 59.5 cm³/mol. The molecule has 0 radical (unpaired) electrons. The highest BCUT2D eigenvalue weighted by Gasteiger charge is 2.22. The van der Waals surface area contributed by atoms with Crippen molar-refractivity contribution in [2.75, 3.05) is 0 Å².